The first-order valence-corrected chi connectivity index (χ1v) is 9.44. The largest absolute Gasteiger partial charge is 0.307 e. The molecule has 4 heteroatoms. The van der Waals surface area contributed by atoms with Crippen LogP contribution in [0.2, 0.25) is 0 Å². The van der Waals surface area contributed by atoms with Gasteiger partial charge >= 0.3 is 0 Å². The van der Waals surface area contributed by atoms with Gasteiger partial charge in [0.2, 0.25) is 5.91 Å². The lowest BCUT2D eigenvalue weighted by atomic mass is 10.1. The minimum absolute atomic E-state index is 0.0839. The molecule has 130 valence electrons. The number of thioether (sulfide) groups is 1. The number of halogens is 1. The van der Waals surface area contributed by atoms with E-state index in [0.29, 0.717) is 13.0 Å². The number of rotatable bonds is 3. The molecule has 0 spiro atoms. The fraction of sp³-hybridized carbons (Fsp3) is 0.136. The van der Waals surface area contributed by atoms with E-state index in [4.69, 9.17) is 0 Å². The van der Waals surface area contributed by atoms with Crippen molar-refractivity contribution < 1.29 is 9.18 Å². The molecule has 3 aromatic carbocycles. The minimum atomic E-state index is -0.268. The van der Waals surface area contributed by atoms with Crippen LogP contribution in [0.15, 0.2) is 83.8 Å². The van der Waals surface area contributed by atoms with E-state index in [-0.39, 0.29) is 17.0 Å². The van der Waals surface area contributed by atoms with Gasteiger partial charge in [0, 0.05) is 16.6 Å². The maximum Gasteiger partial charge on any atom is 0.228 e. The number of anilines is 1. The zero-order chi connectivity index (χ0) is 17.9. The van der Waals surface area contributed by atoms with E-state index in [1.807, 2.05) is 41.3 Å². The lowest BCUT2D eigenvalue weighted by Gasteiger charge is -2.22. The third-order valence-corrected chi connectivity index (χ3v) is 5.83. The number of hydrogen-bond donors (Lipinski definition) is 0. The Morgan fingerprint density at radius 1 is 0.923 bits per heavy atom. The predicted molar refractivity (Wildman–Crippen MR) is 104 cm³/mol. The van der Waals surface area contributed by atoms with Crippen molar-refractivity contribution in [3.8, 4) is 0 Å². The van der Waals surface area contributed by atoms with Crippen LogP contribution in [0, 0.1) is 5.82 Å². The molecule has 0 fully saturated rings. The Bertz CT molecular complexity index is 911. The van der Waals surface area contributed by atoms with Crippen LogP contribution >= 0.6 is 11.8 Å². The van der Waals surface area contributed by atoms with Crippen LogP contribution in [-0.2, 0) is 11.3 Å². The predicted octanol–water partition coefficient (Wildman–Crippen LogP) is 5.60. The highest BCUT2D eigenvalue weighted by Gasteiger charge is 2.29. The van der Waals surface area contributed by atoms with Gasteiger partial charge in [-0.1, -0.05) is 54.6 Å². The molecule has 3 aromatic rings. The molecule has 0 saturated heterocycles. The van der Waals surface area contributed by atoms with Gasteiger partial charge in [-0.15, -0.1) is 11.8 Å². The van der Waals surface area contributed by atoms with E-state index >= 15 is 0 Å². The van der Waals surface area contributed by atoms with Gasteiger partial charge in [0.1, 0.15) is 5.82 Å². The lowest BCUT2D eigenvalue weighted by molar-refractivity contribution is -0.118. The molecule has 1 aliphatic heterocycles. The van der Waals surface area contributed by atoms with Crippen LogP contribution in [0.4, 0.5) is 10.1 Å². The highest BCUT2D eigenvalue weighted by molar-refractivity contribution is 7.99. The highest BCUT2D eigenvalue weighted by atomic mass is 32.2. The Morgan fingerprint density at radius 2 is 1.62 bits per heavy atom. The summed E-state index contributed by atoms with van der Waals surface area (Å²) in [4.78, 5) is 16.0. The Morgan fingerprint density at radius 3 is 2.38 bits per heavy atom. The SMILES string of the molecule is O=C1CC(c2ccccc2)Sc2ccccc2N1Cc1ccc(F)cc1. The highest BCUT2D eigenvalue weighted by Crippen LogP contribution is 2.45. The maximum absolute atomic E-state index is 13.2. The van der Waals surface area contributed by atoms with E-state index in [9.17, 15) is 9.18 Å². The second-order valence-electron chi connectivity index (χ2n) is 6.30. The van der Waals surface area contributed by atoms with Gasteiger partial charge in [0.05, 0.1) is 12.2 Å². The first-order valence-electron chi connectivity index (χ1n) is 8.56. The second-order valence-corrected chi connectivity index (χ2v) is 7.54. The Hall–Kier alpha value is -2.59. The molecule has 26 heavy (non-hydrogen) atoms. The third-order valence-electron chi connectivity index (χ3n) is 4.51. The molecular weight excluding hydrogens is 345 g/mol. The summed E-state index contributed by atoms with van der Waals surface area (Å²) in [5.74, 6) is -0.184. The Labute approximate surface area is 156 Å². The van der Waals surface area contributed by atoms with Crippen molar-refractivity contribution in [2.24, 2.45) is 0 Å². The van der Waals surface area contributed by atoms with Crippen molar-refractivity contribution in [3.63, 3.8) is 0 Å². The summed E-state index contributed by atoms with van der Waals surface area (Å²) < 4.78 is 13.2. The zero-order valence-corrected chi connectivity index (χ0v) is 15.0. The smallest absolute Gasteiger partial charge is 0.228 e. The summed E-state index contributed by atoms with van der Waals surface area (Å²) in [7, 11) is 0. The summed E-state index contributed by atoms with van der Waals surface area (Å²) in [6.07, 6.45) is 0.435. The molecule has 1 atom stereocenters. The van der Waals surface area contributed by atoms with Gasteiger partial charge < -0.3 is 4.90 Å². The van der Waals surface area contributed by atoms with Crippen molar-refractivity contribution in [3.05, 3.63) is 95.8 Å². The molecule has 0 N–H and O–H groups in total. The van der Waals surface area contributed by atoms with Crippen molar-refractivity contribution in [1.29, 1.82) is 0 Å². The fourth-order valence-electron chi connectivity index (χ4n) is 3.18. The number of amides is 1. The molecule has 1 aliphatic rings. The number of nitrogens with zero attached hydrogens (tertiary/aromatic N) is 1. The molecule has 1 unspecified atom stereocenters. The van der Waals surface area contributed by atoms with E-state index < -0.39 is 0 Å². The maximum atomic E-state index is 13.2. The van der Waals surface area contributed by atoms with E-state index in [0.717, 1.165) is 21.7 Å². The van der Waals surface area contributed by atoms with Crippen LogP contribution in [0.1, 0.15) is 22.8 Å². The van der Waals surface area contributed by atoms with Gasteiger partial charge in [-0.2, -0.15) is 0 Å². The zero-order valence-electron chi connectivity index (χ0n) is 14.1. The topological polar surface area (TPSA) is 20.3 Å². The summed E-state index contributed by atoms with van der Waals surface area (Å²) >= 11 is 1.73. The van der Waals surface area contributed by atoms with Gasteiger partial charge in [0.15, 0.2) is 0 Å². The first kappa shape index (κ1) is 16.9. The van der Waals surface area contributed by atoms with Gasteiger partial charge in [-0.3, -0.25) is 4.79 Å². The van der Waals surface area contributed by atoms with Crippen LogP contribution < -0.4 is 4.90 Å². The van der Waals surface area contributed by atoms with Crippen molar-refractivity contribution >= 4 is 23.4 Å². The van der Waals surface area contributed by atoms with Crippen molar-refractivity contribution in [2.45, 2.75) is 23.1 Å². The second kappa shape index (κ2) is 7.34. The number of carbonyl (C=O) groups excluding carboxylic acids is 1. The fourth-order valence-corrected chi connectivity index (χ4v) is 4.46. The lowest BCUT2D eigenvalue weighted by Crippen LogP contribution is -2.30. The number of carbonyl (C=O) groups is 1. The van der Waals surface area contributed by atoms with Crippen LogP contribution in [-0.4, -0.2) is 5.91 Å². The summed E-state index contributed by atoms with van der Waals surface area (Å²) in [6, 6.07) is 24.5. The molecule has 0 aliphatic carbocycles. The first-order chi connectivity index (χ1) is 12.7. The van der Waals surface area contributed by atoms with Crippen molar-refractivity contribution in [1.82, 2.24) is 0 Å². The van der Waals surface area contributed by atoms with Crippen molar-refractivity contribution in [2.75, 3.05) is 4.90 Å². The molecule has 2 nitrogen and oxygen atoms in total. The number of benzene rings is 3. The molecule has 1 heterocycles. The monoisotopic (exact) mass is 363 g/mol. The minimum Gasteiger partial charge on any atom is -0.307 e. The van der Waals surface area contributed by atoms with E-state index in [1.54, 1.807) is 23.9 Å². The Kier molecular flexibility index (Phi) is 4.76. The molecule has 1 amide bonds. The number of para-hydroxylation sites is 1. The quantitative estimate of drug-likeness (QED) is 0.604. The number of fused-ring (bicyclic) bond motifs is 1. The Balaban J connectivity index is 1.69. The standard InChI is InChI=1S/C22H18FNOS/c23-18-12-10-16(11-13-18)15-24-19-8-4-5-9-20(19)26-21(14-22(24)25)17-6-2-1-3-7-17/h1-13,21H,14-15H2. The average molecular weight is 363 g/mol. The molecule has 0 aromatic heterocycles. The summed E-state index contributed by atoms with van der Waals surface area (Å²) in [6.45, 7) is 0.443. The van der Waals surface area contributed by atoms with Crippen LogP contribution in [0.3, 0.4) is 0 Å². The normalized spacial score (nSPS) is 16.9. The van der Waals surface area contributed by atoms with Gasteiger partial charge in [-0.25, -0.2) is 4.39 Å². The average Bonchev–Trinajstić information content (AvgIpc) is 2.81. The molecule has 0 saturated carbocycles. The molecule has 0 bridgehead atoms. The molecule has 4 rings (SSSR count). The third kappa shape index (κ3) is 3.51. The molecule has 0 radical (unpaired) electrons. The number of hydrogen-bond acceptors (Lipinski definition) is 2. The van der Waals surface area contributed by atoms with E-state index in [1.165, 1.54) is 12.1 Å². The van der Waals surface area contributed by atoms with E-state index in [2.05, 4.69) is 18.2 Å². The van der Waals surface area contributed by atoms with Gasteiger partial charge in [-0.05, 0) is 35.4 Å². The van der Waals surface area contributed by atoms with Crippen LogP contribution in [0.5, 0.6) is 0 Å². The molecular formula is C22H18FNOS. The summed E-state index contributed by atoms with van der Waals surface area (Å²) in [5, 5.41) is 0.0862. The van der Waals surface area contributed by atoms with Crippen LogP contribution in [0.25, 0.3) is 0 Å². The van der Waals surface area contributed by atoms with Gasteiger partial charge in [0.25, 0.3) is 0 Å². The summed E-state index contributed by atoms with van der Waals surface area (Å²) in [5.41, 5.74) is 2.99.